The second-order valence-corrected chi connectivity index (χ2v) is 5.06. The van der Waals surface area contributed by atoms with E-state index in [0.29, 0.717) is 6.54 Å². The van der Waals surface area contributed by atoms with Gasteiger partial charge in [0, 0.05) is 11.3 Å². The van der Waals surface area contributed by atoms with Crippen molar-refractivity contribution in [3.05, 3.63) is 0 Å². The van der Waals surface area contributed by atoms with E-state index < -0.39 is 0 Å². The van der Waals surface area contributed by atoms with Crippen LogP contribution in [0.4, 0.5) is 0 Å². The van der Waals surface area contributed by atoms with Crippen LogP contribution in [0.3, 0.4) is 0 Å². The molecule has 0 aromatic heterocycles. The number of thioether (sulfide) groups is 1. The molecule has 0 bridgehead atoms. The first-order valence-electron chi connectivity index (χ1n) is 4.90. The number of hydrogen-bond donors (Lipinski definition) is 3. The van der Waals surface area contributed by atoms with Crippen molar-refractivity contribution in [2.24, 2.45) is 10.9 Å². The van der Waals surface area contributed by atoms with Gasteiger partial charge in [0.15, 0.2) is 0 Å². The predicted molar refractivity (Wildman–Crippen MR) is 61.1 cm³/mol. The fraction of sp³-hybridized carbons (Fsp3) is 0.778. The summed E-state index contributed by atoms with van der Waals surface area (Å²) in [6, 6.07) is 0. The first-order valence-corrected chi connectivity index (χ1v) is 6.12. The Morgan fingerprint density at radius 3 is 2.73 bits per heavy atom. The molecule has 1 fully saturated rings. The number of hydrogen-bond acceptors (Lipinski definition) is 4. The van der Waals surface area contributed by atoms with Crippen LogP contribution in [-0.4, -0.2) is 34.5 Å². The summed E-state index contributed by atoms with van der Waals surface area (Å²) in [4.78, 5) is 11.3. The van der Waals surface area contributed by atoms with Crippen LogP contribution in [0.15, 0.2) is 5.16 Å². The highest BCUT2D eigenvalue weighted by atomic mass is 32.2. The van der Waals surface area contributed by atoms with Crippen LogP contribution in [0.1, 0.15) is 25.7 Å². The molecule has 0 radical (unpaired) electrons. The van der Waals surface area contributed by atoms with Gasteiger partial charge in [-0.05, 0) is 19.1 Å². The smallest absolute Gasteiger partial charge is 0.227 e. The fourth-order valence-electron chi connectivity index (χ4n) is 1.55. The second kappa shape index (κ2) is 5.25. The maximum Gasteiger partial charge on any atom is 0.227 e. The first-order chi connectivity index (χ1) is 7.12. The van der Waals surface area contributed by atoms with Gasteiger partial charge in [-0.1, -0.05) is 11.6 Å². The molecule has 0 saturated heterocycles. The van der Waals surface area contributed by atoms with Crippen molar-refractivity contribution in [1.82, 2.24) is 5.32 Å². The van der Waals surface area contributed by atoms with Crippen molar-refractivity contribution in [2.75, 3.05) is 12.8 Å². The van der Waals surface area contributed by atoms with E-state index in [0.717, 1.165) is 12.8 Å². The van der Waals surface area contributed by atoms with E-state index in [1.807, 2.05) is 0 Å². The highest BCUT2D eigenvalue weighted by molar-refractivity contribution is 8.00. The number of rotatable bonds is 5. The number of carbonyl (C=O) groups excluding carboxylic acids is 1. The Morgan fingerprint density at radius 2 is 2.33 bits per heavy atom. The summed E-state index contributed by atoms with van der Waals surface area (Å²) in [6.07, 6.45) is 5.56. The Labute approximate surface area is 93.5 Å². The first kappa shape index (κ1) is 12.2. The van der Waals surface area contributed by atoms with E-state index in [9.17, 15) is 4.79 Å². The molecule has 0 aromatic rings. The van der Waals surface area contributed by atoms with Gasteiger partial charge in [0.25, 0.3) is 0 Å². The van der Waals surface area contributed by atoms with Crippen molar-refractivity contribution in [2.45, 2.75) is 30.4 Å². The highest BCUT2D eigenvalue weighted by Crippen LogP contribution is 2.42. The molecule has 0 aromatic carbocycles. The monoisotopic (exact) mass is 231 g/mol. The molecule has 0 unspecified atom stereocenters. The van der Waals surface area contributed by atoms with E-state index >= 15 is 0 Å². The summed E-state index contributed by atoms with van der Waals surface area (Å²) >= 11 is 1.80. The minimum absolute atomic E-state index is 0.0407. The SMILES string of the molecule is CSC1(CNC(=O)CC(N)=NO)CCC1. The molecule has 1 aliphatic rings. The van der Waals surface area contributed by atoms with Gasteiger partial charge in [-0.25, -0.2) is 0 Å². The van der Waals surface area contributed by atoms with Crippen LogP contribution in [0, 0.1) is 0 Å². The summed E-state index contributed by atoms with van der Waals surface area (Å²) in [5, 5.41) is 13.9. The second-order valence-electron chi connectivity index (χ2n) is 3.79. The number of amidine groups is 1. The van der Waals surface area contributed by atoms with E-state index in [4.69, 9.17) is 10.9 Å². The average Bonchev–Trinajstić information content (AvgIpc) is 2.16. The minimum atomic E-state index is -0.189. The van der Waals surface area contributed by atoms with Crippen molar-refractivity contribution in [3.63, 3.8) is 0 Å². The van der Waals surface area contributed by atoms with Gasteiger partial charge in [0.1, 0.15) is 5.84 Å². The number of oxime groups is 1. The van der Waals surface area contributed by atoms with E-state index in [-0.39, 0.29) is 22.9 Å². The molecule has 5 nitrogen and oxygen atoms in total. The fourth-order valence-corrected chi connectivity index (χ4v) is 2.46. The lowest BCUT2D eigenvalue weighted by Crippen LogP contribution is -2.45. The predicted octanol–water partition coefficient (Wildman–Crippen LogP) is 0.525. The Hall–Kier alpha value is -0.910. The van der Waals surface area contributed by atoms with Gasteiger partial charge in [0.2, 0.25) is 5.91 Å². The van der Waals surface area contributed by atoms with Gasteiger partial charge in [0.05, 0.1) is 6.42 Å². The topological polar surface area (TPSA) is 87.7 Å². The van der Waals surface area contributed by atoms with Crippen molar-refractivity contribution in [3.8, 4) is 0 Å². The van der Waals surface area contributed by atoms with E-state index in [1.165, 1.54) is 6.42 Å². The maximum atomic E-state index is 11.3. The molecular formula is C9H17N3O2S. The van der Waals surface area contributed by atoms with Crippen LogP contribution in [0.5, 0.6) is 0 Å². The number of amides is 1. The third-order valence-electron chi connectivity index (χ3n) is 2.78. The average molecular weight is 231 g/mol. The number of carbonyl (C=O) groups is 1. The quantitative estimate of drug-likeness (QED) is 0.279. The van der Waals surface area contributed by atoms with Gasteiger partial charge >= 0.3 is 0 Å². The van der Waals surface area contributed by atoms with Crippen LogP contribution < -0.4 is 11.1 Å². The Balaban J connectivity index is 2.27. The van der Waals surface area contributed by atoms with Crippen LogP contribution in [-0.2, 0) is 4.79 Å². The zero-order valence-electron chi connectivity index (χ0n) is 8.82. The van der Waals surface area contributed by atoms with Crippen LogP contribution in [0.2, 0.25) is 0 Å². The van der Waals surface area contributed by atoms with Crippen molar-refractivity contribution >= 4 is 23.5 Å². The third-order valence-corrected chi connectivity index (χ3v) is 4.19. The van der Waals surface area contributed by atoms with Crippen LogP contribution in [0.25, 0.3) is 0 Å². The summed E-state index contributed by atoms with van der Waals surface area (Å²) in [6.45, 7) is 0.672. The number of nitrogens with two attached hydrogens (primary N) is 1. The van der Waals surface area contributed by atoms with E-state index in [2.05, 4.69) is 16.7 Å². The minimum Gasteiger partial charge on any atom is -0.409 e. The largest absolute Gasteiger partial charge is 0.409 e. The molecule has 0 atom stereocenters. The molecule has 1 amide bonds. The van der Waals surface area contributed by atoms with Crippen molar-refractivity contribution in [1.29, 1.82) is 0 Å². The summed E-state index contributed by atoms with van der Waals surface area (Å²) in [7, 11) is 0. The summed E-state index contributed by atoms with van der Waals surface area (Å²) in [5.41, 5.74) is 5.23. The molecule has 0 spiro atoms. The lowest BCUT2D eigenvalue weighted by Gasteiger charge is -2.40. The van der Waals surface area contributed by atoms with Crippen LogP contribution >= 0.6 is 11.8 Å². The molecule has 1 aliphatic carbocycles. The maximum absolute atomic E-state index is 11.3. The molecule has 1 saturated carbocycles. The highest BCUT2D eigenvalue weighted by Gasteiger charge is 2.36. The normalized spacial score (nSPS) is 19.4. The lowest BCUT2D eigenvalue weighted by molar-refractivity contribution is -0.120. The zero-order valence-corrected chi connectivity index (χ0v) is 9.64. The Bertz CT molecular complexity index is 259. The zero-order chi connectivity index (χ0) is 11.3. The van der Waals surface area contributed by atoms with Gasteiger partial charge in [-0.15, -0.1) is 0 Å². The molecule has 4 N–H and O–H groups in total. The van der Waals surface area contributed by atoms with Gasteiger partial charge < -0.3 is 16.3 Å². The molecule has 1 rings (SSSR count). The molecular weight excluding hydrogens is 214 g/mol. The molecule has 86 valence electrons. The van der Waals surface area contributed by atoms with E-state index in [1.54, 1.807) is 11.8 Å². The molecule has 0 heterocycles. The lowest BCUT2D eigenvalue weighted by atomic mass is 9.84. The van der Waals surface area contributed by atoms with Gasteiger partial charge in [-0.2, -0.15) is 11.8 Å². The molecule has 15 heavy (non-hydrogen) atoms. The molecule has 6 heteroatoms. The van der Waals surface area contributed by atoms with Crippen molar-refractivity contribution < 1.29 is 10.0 Å². The number of nitrogens with zero attached hydrogens (tertiary/aromatic N) is 1. The number of nitrogens with one attached hydrogen (secondary N) is 1. The molecule has 0 aliphatic heterocycles. The van der Waals surface area contributed by atoms with Gasteiger partial charge in [-0.3, -0.25) is 4.79 Å². The Kier molecular flexibility index (Phi) is 4.26. The summed E-state index contributed by atoms with van der Waals surface area (Å²) in [5.74, 6) is -0.245. The third kappa shape index (κ3) is 3.30. The Morgan fingerprint density at radius 1 is 1.67 bits per heavy atom. The summed E-state index contributed by atoms with van der Waals surface area (Å²) < 4.78 is 0.223. The standard InChI is InChI=1S/C9H17N3O2S/c1-15-9(3-2-4-9)6-11-8(13)5-7(10)12-14/h14H,2-6H2,1H3,(H2,10,12)(H,11,13).